The third kappa shape index (κ3) is 2.83. The highest BCUT2D eigenvalue weighted by Gasteiger charge is 2.26. The van der Waals surface area contributed by atoms with E-state index in [4.69, 9.17) is 10.6 Å². The largest absolute Gasteiger partial charge is 0.381 e. The molecule has 1 saturated heterocycles. The van der Waals surface area contributed by atoms with Crippen LogP contribution in [0.15, 0.2) is 6.33 Å². The number of hydrogen-bond acceptors (Lipinski definition) is 5. The molecule has 6 nitrogen and oxygen atoms in total. The predicted octanol–water partition coefficient (Wildman–Crippen LogP) is 0.270. The molecule has 17 heavy (non-hydrogen) atoms. The maximum absolute atomic E-state index is 5.63. The number of aromatic nitrogens is 3. The zero-order valence-electron chi connectivity index (χ0n) is 10.5. The van der Waals surface area contributed by atoms with Crippen molar-refractivity contribution in [3.63, 3.8) is 0 Å². The van der Waals surface area contributed by atoms with Crippen LogP contribution in [0.4, 0.5) is 0 Å². The van der Waals surface area contributed by atoms with Crippen LogP contribution in [0.1, 0.15) is 32.1 Å². The SMILES string of the molecule is CC(C)n1ncnc1CC(NN)C1CCOC1. The van der Waals surface area contributed by atoms with E-state index in [1.165, 1.54) is 0 Å². The number of nitrogens with two attached hydrogens (primary N) is 1. The lowest BCUT2D eigenvalue weighted by Gasteiger charge is -2.21. The molecule has 2 unspecified atom stereocenters. The van der Waals surface area contributed by atoms with Crippen molar-refractivity contribution in [3.8, 4) is 0 Å². The van der Waals surface area contributed by atoms with Crippen LogP contribution in [0.3, 0.4) is 0 Å². The van der Waals surface area contributed by atoms with E-state index in [0.717, 1.165) is 31.9 Å². The van der Waals surface area contributed by atoms with Gasteiger partial charge in [-0.2, -0.15) is 5.10 Å². The van der Waals surface area contributed by atoms with Gasteiger partial charge in [0.15, 0.2) is 0 Å². The van der Waals surface area contributed by atoms with Gasteiger partial charge in [-0.1, -0.05) is 0 Å². The standard InChI is InChI=1S/C11H21N5O/c1-8(2)16-11(13-7-14-16)5-10(15-12)9-3-4-17-6-9/h7-10,15H,3-6,12H2,1-2H3. The molecule has 1 aliphatic rings. The van der Waals surface area contributed by atoms with Crippen molar-refractivity contribution in [1.82, 2.24) is 20.2 Å². The second-order valence-corrected chi connectivity index (χ2v) is 4.82. The summed E-state index contributed by atoms with van der Waals surface area (Å²) < 4.78 is 7.34. The van der Waals surface area contributed by atoms with Crippen LogP contribution in [-0.4, -0.2) is 34.0 Å². The van der Waals surface area contributed by atoms with Crippen molar-refractivity contribution in [2.24, 2.45) is 11.8 Å². The van der Waals surface area contributed by atoms with E-state index in [9.17, 15) is 0 Å². The van der Waals surface area contributed by atoms with Crippen molar-refractivity contribution >= 4 is 0 Å². The summed E-state index contributed by atoms with van der Waals surface area (Å²) in [6, 6.07) is 0.532. The lowest BCUT2D eigenvalue weighted by molar-refractivity contribution is 0.176. The Kier molecular flexibility index (Phi) is 4.09. The van der Waals surface area contributed by atoms with E-state index in [2.05, 4.69) is 29.4 Å². The molecule has 0 saturated carbocycles. The first kappa shape index (κ1) is 12.5. The van der Waals surface area contributed by atoms with Gasteiger partial charge in [-0.15, -0.1) is 0 Å². The lowest BCUT2D eigenvalue weighted by atomic mass is 9.96. The summed E-state index contributed by atoms with van der Waals surface area (Å²) in [4.78, 5) is 4.31. The minimum atomic E-state index is 0.208. The van der Waals surface area contributed by atoms with Gasteiger partial charge in [-0.25, -0.2) is 9.67 Å². The van der Waals surface area contributed by atoms with E-state index in [-0.39, 0.29) is 6.04 Å². The Bertz CT molecular complexity index is 345. The van der Waals surface area contributed by atoms with E-state index in [1.807, 2.05) is 4.68 Å². The summed E-state index contributed by atoms with van der Waals surface area (Å²) in [6.07, 6.45) is 3.46. The van der Waals surface area contributed by atoms with E-state index < -0.39 is 0 Å². The number of rotatable bonds is 5. The maximum Gasteiger partial charge on any atom is 0.138 e. The van der Waals surface area contributed by atoms with Crippen molar-refractivity contribution in [2.75, 3.05) is 13.2 Å². The van der Waals surface area contributed by atoms with Gasteiger partial charge in [0.1, 0.15) is 12.2 Å². The monoisotopic (exact) mass is 239 g/mol. The molecule has 3 N–H and O–H groups in total. The van der Waals surface area contributed by atoms with Crippen LogP contribution in [0.25, 0.3) is 0 Å². The normalized spacial score (nSPS) is 22.2. The van der Waals surface area contributed by atoms with Crippen LogP contribution in [0.2, 0.25) is 0 Å². The molecule has 2 heterocycles. The Morgan fingerprint density at radius 2 is 2.47 bits per heavy atom. The Labute approximate surface area is 102 Å². The summed E-state index contributed by atoms with van der Waals surface area (Å²) >= 11 is 0. The first-order valence-corrected chi connectivity index (χ1v) is 6.14. The molecule has 0 spiro atoms. The summed E-state index contributed by atoms with van der Waals surface area (Å²) in [5.74, 6) is 7.08. The molecule has 0 amide bonds. The van der Waals surface area contributed by atoms with E-state index in [0.29, 0.717) is 12.0 Å². The molecule has 96 valence electrons. The minimum absolute atomic E-state index is 0.208. The molecule has 1 aromatic rings. The topological polar surface area (TPSA) is 78.0 Å². The summed E-state index contributed by atoms with van der Waals surface area (Å²) in [7, 11) is 0. The highest BCUT2D eigenvalue weighted by atomic mass is 16.5. The highest BCUT2D eigenvalue weighted by Crippen LogP contribution is 2.19. The first-order chi connectivity index (χ1) is 8.22. The maximum atomic E-state index is 5.63. The fraction of sp³-hybridized carbons (Fsp3) is 0.818. The Morgan fingerprint density at radius 1 is 1.65 bits per heavy atom. The van der Waals surface area contributed by atoms with Gasteiger partial charge < -0.3 is 4.74 Å². The second kappa shape index (κ2) is 5.57. The molecule has 0 bridgehead atoms. The number of ether oxygens (including phenoxy) is 1. The molecule has 2 rings (SSSR count). The highest BCUT2D eigenvalue weighted by molar-refractivity contribution is 4.93. The van der Waals surface area contributed by atoms with Crippen LogP contribution < -0.4 is 11.3 Å². The molecular weight excluding hydrogens is 218 g/mol. The Hall–Kier alpha value is -0.980. The molecule has 0 aromatic carbocycles. The van der Waals surface area contributed by atoms with Crippen molar-refractivity contribution in [2.45, 2.75) is 38.8 Å². The molecular formula is C11H21N5O. The second-order valence-electron chi connectivity index (χ2n) is 4.82. The van der Waals surface area contributed by atoms with Crippen LogP contribution in [0, 0.1) is 5.92 Å². The molecule has 1 fully saturated rings. The smallest absolute Gasteiger partial charge is 0.138 e. The molecule has 1 aliphatic heterocycles. The fourth-order valence-electron chi connectivity index (χ4n) is 2.28. The van der Waals surface area contributed by atoms with E-state index in [1.54, 1.807) is 6.33 Å². The van der Waals surface area contributed by atoms with Gasteiger partial charge in [0, 0.05) is 31.0 Å². The zero-order valence-corrected chi connectivity index (χ0v) is 10.5. The molecule has 1 aromatic heterocycles. The van der Waals surface area contributed by atoms with Gasteiger partial charge in [0.05, 0.1) is 6.61 Å². The number of nitrogens with one attached hydrogen (secondary N) is 1. The molecule has 0 aliphatic carbocycles. The van der Waals surface area contributed by atoms with Crippen molar-refractivity contribution in [1.29, 1.82) is 0 Å². The van der Waals surface area contributed by atoms with Crippen LogP contribution >= 0.6 is 0 Å². The average molecular weight is 239 g/mol. The van der Waals surface area contributed by atoms with Gasteiger partial charge in [-0.05, 0) is 20.3 Å². The Balaban J connectivity index is 2.04. The van der Waals surface area contributed by atoms with E-state index >= 15 is 0 Å². The Morgan fingerprint density at radius 3 is 3.06 bits per heavy atom. The van der Waals surface area contributed by atoms with Crippen LogP contribution in [-0.2, 0) is 11.2 Å². The third-order valence-electron chi connectivity index (χ3n) is 3.29. The fourth-order valence-corrected chi connectivity index (χ4v) is 2.28. The summed E-state index contributed by atoms with van der Waals surface area (Å²) in [5, 5.41) is 4.24. The van der Waals surface area contributed by atoms with Gasteiger partial charge >= 0.3 is 0 Å². The summed E-state index contributed by atoms with van der Waals surface area (Å²) in [6.45, 7) is 5.81. The predicted molar refractivity (Wildman–Crippen MR) is 64.1 cm³/mol. The minimum Gasteiger partial charge on any atom is -0.381 e. The lowest BCUT2D eigenvalue weighted by Crippen LogP contribution is -2.43. The third-order valence-corrected chi connectivity index (χ3v) is 3.29. The summed E-state index contributed by atoms with van der Waals surface area (Å²) in [5.41, 5.74) is 2.89. The first-order valence-electron chi connectivity index (χ1n) is 6.14. The number of hydrogen-bond donors (Lipinski definition) is 2. The van der Waals surface area contributed by atoms with Crippen LogP contribution in [0.5, 0.6) is 0 Å². The van der Waals surface area contributed by atoms with Crippen molar-refractivity contribution in [3.05, 3.63) is 12.2 Å². The molecule has 6 heteroatoms. The van der Waals surface area contributed by atoms with Gasteiger partial charge in [0.2, 0.25) is 0 Å². The van der Waals surface area contributed by atoms with Gasteiger partial charge in [-0.3, -0.25) is 11.3 Å². The quantitative estimate of drug-likeness (QED) is 0.569. The molecule has 2 atom stereocenters. The molecule has 0 radical (unpaired) electrons. The average Bonchev–Trinajstić information content (AvgIpc) is 2.96. The van der Waals surface area contributed by atoms with Gasteiger partial charge in [0.25, 0.3) is 0 Å². The number of hydrazine groups is 1. The zero-order chi connectivity index (χ0) is 12.3. The number of nitrogens with zero attached hydrogens (tertiary/aromatic N) is 3. The van der Waals surface area contributed by atoms with Crippen molar-refractivity contribution < 1.29 is 4.74 Å².